The van der Waals surface area contributed by atoms with Gasteiger partial charge in [-0.15, -0.1) is 0 Å². The minimum atomic E-state index is 0. The maximum absolute atomic E-state index is 4.83. The molecule has 0 atom stereocenters. The Bertz CT molecular complexity index is 19.2. The molecule has 0 aliphatic heterocycles. The van der Waals surface area contributed by atoms with Crippen LogP contribution in [0.2, 0.25) is 0 Å². The summed E-state index contributed by atoms with van der Waals surface area (Å²) in [6.45, 7) is 5.67. The molecule has 0 aromatic rings. The van der Waals surface area contributed by atoms with Gasteiger partial charge in [0.2, 0.25) is 0 Å². The number of ether oxygens (including phenoxy) is 1. The summed E-state index contributed by atoms with van der Waals surface area (Å²) in [6.07, 6.45) is 0. The van der Waals surface area contributed by atoms with E-state index < -0.39 is 0 Å². The number of hydrogen-bond acceptors (Lipinski definition) is 1. The molecule has 3 heteroatoms. The average Bonchev–Trinajstić information content (AvgIpc) is 1.41. The van der Waals surface area contributed by atoms with Gasteiger partial charge in [-0.1, -0.05) is 0 Å². The molecule has 0 aliphatic rings. The van der Waals surface area contributed by atoms with Crippen LogP contribution in [0.1, 0.15) is 13.8 Å². The normalized spacial score (nSPS) is 6.00. The van der Waals surface area contributed by atoms with Gasteiger partial charge in [-0.25, -0.2) is 0 Å². The molecule has 40 valence electrons. The van der Waals surface area contributed by atoms with Crippen LogP contribution in [-0.2, 0) is 4.74 Å². The summed E-state index contributed by atoms with van der Waals surface area (Å²) in [7, 11) is 0. The zero-order valence-corrected chi connectivity index (χ0v) is 3.82. The van der Waals surface area contributed by atoms with Crippen molar-refractivity contribution in [3.8, 4) is 0 Å². The molecule has 0 N–H and O–H groups in total. The van der Waals surface area contributed by atoms with E-state index in [2.05, 4.69) is 0 Å². The fourth-order valence-corrected chi connectivity index (χ4v) is 0.204. The van der Waals surface area contributed by atoms with Crippen LogP contribution < -0.4 is 0 Å². The third kappa shape index (κ3) is 19.4. The Kier molecular flexibility index (Phi) is 35.3. The quantitative estimate of drug-likeness (QED) is 0.425. The molecule has 7 heavy (non-hydrogen) atoms. The Labute approximate surface area is 69.7 Å². The molecule has 0 aromatic carbocycles. The Morgan fingerprint density at radius 2 is 1.43 bits per heavy atom. The van der Waals surface area contributed by atoms with Crippen LogP contribution in [0, 0.1) is 0 Å². The SMILES string of the molecule is B.CCOCC.[NaH]. The van der Waals surface area contributed by atoms with Gasteiger partial charge in [0.05, 0.1) is 8.41 Å². The van der Waals surface area contributed by atoms with Gasteiger partial charge in [0.1, 0.15) is 0 Å². The van der Waals surface area contributed by atoms with E-state index in [1.807, 2.05) is 13.8 Å². The van der Waals surface area contributed by atoms with Crippen molar-refractivity contribution in [3.05, 3.63) is 0 Å². The second-order valence-electron chi connectivity index (χ2n) is 0.781. The Morgan fingerprint density at radius 3 is 1.43 bits per heavy atom. The third-order valence-electron chi connectivity index (χ3n) is 0.408. The van der Waals surface area contributed by atoms with Crippen LogP contribution in [0.4, 0.5) is 0 Å². The third-order valence-corrected chi connectivity index (χ3v) is 0.408. The van der Waals surface area contributed by atoms with Crippen molar-refractivity contribution >= 4 is 38.0 Å². The van der Waals surface area contributed by atoms with E-state index in [0.717, 1.165) is 13.2 Å². The monoisotopic (exact) mass is 112 g/mol. The van der Waals surface area contributed by atoms with Crippen LogP contribution in [0.15, 0.2) is 0 Å². The van der Waals surface area contributed by atoms with Gasteiger partial charge < -0.3 is 4.74 Å². The summed E-state index contributed by atoms with van der Waals surface area (Å²) in [6, 6.07) is 0. The van der Waals surface area contributed by atoms with Crippen LogP contribution in [0.25, 0.3) is 0 Å². The van der Waals surface area contributed by atoms with Crippen molar-refractivity contribution in [1.82, 2.24) is 0 Å². The molecule has 0 rings (SSSR count). The fraction of sp³-hybridized carbons (Fsp3) is 1.00. The van der Waals surface area contributed by atoms with Crippen LogP contribution in [0.3, 0.4) is 0 Å². The van der Waals surface area contributed by atoms with Crippen LogP contribution >= 0.6 is 0 Å². The first-order valence-electron chi connectivity index (χ1n) is 1.99. The van der Waals surface area contributed by atoms with Gasteiger partial charge in [0, 0.05) is 13.2 Å². The van der Waals surface area contributed by atoms with Gasteiger partial charge in [0.25, 0.3) is 0 Å². The van der Waals surface area contributed by atoms with Gasteiger partial charge in [-0.05, 0) is 13.8 Å². The van der Waals surface area contributed by atoms with Crippen LogP contribution in [-0.4, -0.2) is 51.2 Å². The van der Waals surface area contributed by atoms with Gasteiger partial charge in [-0.2, -0.15) is 0 Å². The number of rotatable bonds is 2. The van der Waals surface area contributed by atoms with E-state index in [-0.39, 0.29) is 38.0 Å². The van der Waals surface area contributed by atoms with Crippen molar-refractivity contribution in [2.75, 3.05) is 13.2 Å². The molecular formula is C4H14BNaO. The van der Waals surface area contributed by atoms with Gasteiger partial charge in [0.15, 0.2) is 0 Å². The summed E-state index contributed by atoms with van der Waals surface area (Å²) in [5.41, 5.74) is 0. The zero-order chi connectivity index (χ0) is 4.12. The van der Waals surface area contributed by atoms with Gasteiger partial charge in [-0.3, -0.25) is 0 Å². The first kappa shape index (κ1) is 15.7. The summed E-state index contributed by atoms with van der Waals surface area (Å²) in [4.78, 5) is 0. The van der Waals surface area contributed by atoms with E-state index >= 15 is 0 Å². The predicted octanol–water partition coefficient (Wildman–Crippen LogP) is -0.790. The summed E-state index contributed by atoms with van der Waals surface area (Å²) < 4.78 is 4.83. The zero-order valence-electron chi connectivity index (χ0n) is 3.82. The molecule has 0 unspecified atom stereocenters. The summed E-state index contributed by atoms with van der Waals surface area (Å²) >= 11 is 0. The Hall–Kier alpha value is 1.02. The summed E-state index contributed by atoms with van der Waals surface area (Å²) in [5, 5.41) is 0. The van der Waals surface area contributed by atoms with Crippen molar-refractivity contribution in [2.24, 2.45) is 0 Å². The molecule has 0 aromatic heterocycles. The van der Waals surface area contributed by atoms with Crippen molar-refractivity contribution in [2.45, 2.75) is 13.8 Å². The molecule has 0 saturated heterocycles. The summed E-state index contributed by atoms with van der Waals surface area (Å²) in [5.74, 6) is 0. The van der Waals surface area contributed by atoms with Gasteiger partial charge >= 0.3 is 29.6 Å². The molecule has 0 spiro atoms. The fourth-order valence-electron chi connectivity index (χ4n) is 0.204. The van der Waals surface area contributed by atoms with Crippen molar-refractivity contribution in [1.29, 1.82) is 0 Å². The van der Waals surface area contributed by atoms with E-state index in [4.69, 9.17) is 4.74 Å². The topological polar surface area (TPSA) is 9.23 Å². The van der Waals surface area contributed by atoms with E-state index in [9.17, 15) is 0 Å². The standard InChI is InChI=1S/C4H10O.BH3.Na.H/c1-3-5-4-2;;;/h3-4H2,1-2H3;1H3;;. The first-order chi connectivity index (χ1) is 2.41. The molecule has 0 bridgehead atoms. The first-order valence-corrected chi connectivity index (χ1v) is 1.99. The number of hydrogen-bond donors (Lipinski definition) is 0. The molecule has 0 fully saturated rings. The maximum atomic E-state index is 4.83. The predicted molar refractivity (Wildman–Crippen MR) is 39.3 cm³/mol. The van der Waals surface area contributed by atoms with E-state index in [1.54, 1.807) is 0 Å². The Balaban J connectivity index is -0.0000000800. The Morgan fingerprint density at radius 1 is 1.14 bits per heavy atom. The molecular weight excluding hydrogens is 97.8 g/mol. The average molecular weight is 112 g/mol. The molecule has 0 heterocycles. The van der Waals surface area contributed by atoms with Crippen molar-refractivity contribution in [3.63, 3.8) is 0 Å². The van der Waals surface area contributed by atoms with E-state index in [1.165, 1.54) is 0 Å². The molecule has 0 amide bonds. The van der Waals surface area contributed by atoms with Crippen molar-refractivity contribution < 1.29 is 4.74 Å². The minimum absolute atomic E-state index is 0. The molecule has 0 saturated carbocycles. The second kappa shape index (κ2) is 15.7. The molecule has 0 aliphatic carbocycles. The van der Waals surface area contributed by atoms with Crippen LogP contribution in [0.5, 0.6) is 0 Å². The molecule has 1 nitrogen and oxygen atoms in total. The molecule has 0 radical (unpaired) electrons. The van der Waals surface area contributed by atoms with E-state index in [0.29, 0.717) is 0 Å². The second-order valence-corrected chi connectivity index (χ2v) is 0.781.